The fraction of sp³-hybridized carbons (Fsp3) is 0.667. The molecule has 0 radical (unpaired) electrons. The Morgan fingerprint density at radius 3 is 2.71 bits per heavy atom. The highest BCUT2D eigenvalue weighted by atomic mass is 32.2. The third-order valence-electron chi connectivity index (χ3n) is 4.95. The molecule has 0 aromatic carbocycles. The molecule has 8 nitrogen and oxygen atoms in total. The summed E-state index contributed by atoms with van der Waals surface area (Å²) >= 11 is 0. The topological polar surface area (TPSA) is 92.6 Å². The van der Waals surface area contributed by atoms with E-state index in [1.165, 1.54) is 4.57 Å². The molecular formula is C15H22N4O4S. The summed E-state index contributed by atoms with van der Waals surface area (Å²) in [6, 6.07) is -0.114. The SMILES string of the molecule is Cc1nc2c(c(=O)n1C)CN(C(=O)CN(C)C1CCS(=O)(=O)C1)C2. The van der Waals surface area contributed by atoms with Crippen molar-refractivity contribution in [3.05, 3.63) is 27.4 Å². The Morgan fingerprint density at radius 1 is 1.38 bits per heavy atom. The number of hydrogen-bond donors (Lipinski definition) is 0. The molecule has 2 aliphatic heterocycles. The first-order chi connectivity index (χ1) is 11.2. The second kappa shape index (κ2) is 5.96. The number of fused-ring (bicyclic) bond motifs is 1. The number of rotatable bonds is 3. The van der Waals surface area contributed by atoms with E-state index in [0.717, 1.165) is 0 Å². The molecule has 24 heavy (non-hydrogen) atoms. The summed E-state index contributed by atoms with van der Waals surface area (Å²) in [5, 5.41) is 0. The van der Waals surface area contributed by atoms with Crippen LogP contribution < -0.4 is 5.56 Å². The Bertz CT molecular complexity index is 846. The number of sulfone groups is 1. The van der Waals surface area contributed by atoms with Gasteiger partial charge in [-0.25, -0.2) is 13.4 Å². The van der Waals surface area contributed by atoms with E-state index in [9.17, 15) is 18.0 Å². The molecule has 0 N–H and O–H groups in total. The standard InChI is InChI=1S/C15H22N4O4S/c1-10-16-13-7-19(6-12(13)15(21)18(10)3)14(20)8-17(2)11-4-5-24(22,23)9-11/h11H,4-9H2,1-3H3. The van der Waals surface area contributed by atoms with Gasteiger partial charge in [-0.2, -0.15) is 0 Å². The van der Waals surface area contributed by atoms with Crippen molar-refractivity contribution in [3.63, 3.8) is 0 Å². The summed E-state index contributed by atoms with van der Waals surface area (Å²) in [5.41, 5.74) is 1.13. The Morgan fingerprint density at radius 2 is 2.08 bits per heavy atom. The predicted molar refractivity (Wildman–Crippen MR) is 88.2 cm³/mol. The molecule has 0 aliphatic carbocycles. The van der Waals surface area contributed by atoms with Crippen molar-refractivity contribution in [2.24, 2.45) is 7.05 Å². The number of carbonyl (C=O) groups excluding carboxylic acids is 1. The van der Waals surface area contributed by atoms with Crippen LogP contribution in [-0.2, 0) is 34.8 Å². The monoisotopic (exact) mass is 354 g/mol. The van der Waals surface area contributed by atoms with Crippen molar-refractivity contribution in [1.82, 2.24) is 19.4 Å². The maximum Gasteiger partial charge on any atom is 0.258 e. The molecule has 0 bridgehead atoms. The zero-order valence-corrected chi connectivity index (χ0v) is 15.0. The maximum absolute atomic E-state index is 12.5. The first kappa shape index (κ1) is 17.1. The van der Waals surface area contributed by atoms with Crippen molar-refractivity contribution in [2.45, 2.75) is 32.5 Å². The van der Waals surface area contributed by atoms with Gasteiger partial charge in [-0.3, -0.25) is 19.1 Å². The number of hydrogen-bond acceptors (Lipinski definition) is 6. The van der Waals surface area contributed by atoms with Crippen LogP contribution in [0.25, 0.3) is 0 Å². The van der Waals surface area contributed by atoms with Gasteiger partial charge in [0.15, 0.2) is 9.84 Å². The van der Waals surface area contributed by atoms with E-state index >= 15 is 0 Å². The fourth-order valence-electron chi connectivity index (χ4n) is 3.27. The number of nitrogens with zero attached hydrogens (tertiary/aromatic N) is 4. The molecule has 0 saturated carbocycles. The summed E-state index contributed by atoms with van der Waals surface area (Å²) in [5.74, 6) is 0.809. The van der Waals surface area contributed by atoms with Gasteiger partial charge in [0.2, 0.25) is 5.91 Å². The van der Waals surface area contributed by atoms with Gasteiger partial charge in [-0.15, -0.1) is 0 Å². The molecule has 132 valence electrons. The van der Waals surface area contributed by atoms with Crippen molar-refractivity contribution < 1.29 is 13.2 Å². The lowest BCUT2D eigenvalue weighted by molar-refractivity contribution is -0.133. The molecule has 1 aromatic rings. The second-order valence-corrected chi connectivity index (χ2v) is 8.90. The van der Waals surface area contributed by atoms with Crippen LogP contribution in [0.2, 0.25) is 0 Å². The second-order valence-electron chi connectivity index (χ2n) is 6.67. The Balaban J connectivity index is 1.67. The third kappa shape index (κ3) is 3.10. The van der Waals surface area contributed by atoms with E-state index in [-0.39, 0.29) is 42.1 Å². The average molecular weight is 354 g/mol. The smallest absolute Gasteiger partial charge is 0.258 e. The van der Waals surface area contributed by atoms with Gasteiger partial charge in [0.1, 0.15) is 5.82 Å². The van der Waals surface area contributed by atoms with Crippen LogP contribution in [-0.4, -0.2) is 64.8 Å². The summed E-state index contributed by atoms with van der Waals surface area (Å²) in [6.45, 7) is 2.51. The third-order valence-corrected chi connectivity index (χ3v) is 6.70. The molecule has 1 amide bonds. The zero-order chi connectivity index (χ0) is 17.6. The number of carbonyl (C=O) groups is 1. The van der Waals surface area contributed by atoms with Crippen LogP contribution in [0.4, 0.5) is 0 Å². The lowest BCUT2D eigenvalue weighted by atomic mass is 10.2. The van der Waals surface area contributed by atoms with E-state index < -0.39 is 9.84 Å². The van der Waals surface area contributed by atoms with Gasteiger partial charge in [0.05, 0.1) is 42.4 Å². The van der Waals surface area contributed by atoms with Gasteiger partial charge in [-0.05, 0) is 20.4 Å². The van der Waals surface area contributed by atoms with Gasteiger partial charge >= 0.3 is 0 Å². The molecule has 1 aromatic heterocycles. The lowest BCUT2D eigenvalue weighted by Crippen LogP contribution is -2.41. The highest BCUT2D eigenvalue weighted by Gasteiger charge is 2.33. The molecule has 9 heteroatoms. The average Bonchev–Trinajstić information content (AvgIpc) is 3.08. The number of amides is 1. The van der Waals surface area contributed by atoms with Gasteiger partial charge < -0.3 is 4.90 Å². The summed E-state index contributed by atoms with van der Waals surface area (Å²) in [6.07, 6.45) is 0.563. The Hall–Kier alpha value is -1.74. The molecule has 2 aliphatic rings. The first-order valence-electron chi connectivity index (χ1n) is 7.92. The molecule has 1 saturated heterocycles. The van der Waals surface area contributed by atoms with Crippen LogP contribution >= 0.6 is 0 Å². The highest BCUT2D eigenvalue weighted by Crippen LogP contribution is 2.20. The minimum atomic E-state index is -2.97. The largest absolute Gasteiger partial charge is 0.331 e. The van der Waals surface area contributed by atoms with Crippen molar-refractivity contribution in [3.8, 4) is 0 Å². The molecule has 1 unspecified atom stereocenters. The predicted octanol–water partition coefficient (Wildman–Crippen LogP) is -0.950. The van der Waals surface area contributed by atoms with Crippen LogP contribution in [0, 0.1) is 6.92 Å². The fourth-order valence-corrected chi connectivity index (χ4v) is 5.07. The number of aromatic nitrogens is 2. The minimum Gasteiger partial charge on any atom is -0.331 e. The van der Waals surface area contributed by atoms with Crippen molar-refractivity contribution in [2.75, 3.05) is 25.1 Å². The number of likely N-dealkylation sites (N-methyl/N-ethyl adjacent to an activating group) is 1. The molecule has 0 spiro atoms. The summed E-state index contributed by atoms with van der Waals surface area (Å²) < 4.78 is 24.6. The highest BCUT2D eigenvalue weighted by molar-refractivity contribution is 7.91. The molecule has 3 rings (SSSR count). The van der Waals surface area contributed by atoms with E-state index in [2.05, 4.69) is 4.98 Å². The van der Waals surface area contributed by atoms with Crippen LogP contribution in [0.15, 0.2) is 4.79 Å². The molecule has 3 heterocycles. The van der Waals surface area contributed by atoms with E-state index in [1.807, 2.05) is 0 Å². The summed E-state index contributed by atoms with van der Waals surface area (Å²) in [7, 11) is 0.467. The normalized spacial score (nSPS) is 22.2. The van der Waals surface area contributed by atoms with E-state index in [4.69, 9.17) is 0 Å². The van der Waals surface area contributed by atoms with E-state index in [1.54, 1.807) is 30.8 Å². The van der Waals surface area contributed by atoms with E-state index in [0.29, 0.717) is 30.0 Å². The van der Waals surface area contributed by atoms with Gasteiger partial charge in [-0.1, -0.05) is 0 Å². The van der Waals surface area contributed by atoms with Crippen molar-refractivity contribution >= 4 is 15.7 Å². The van der Waals surface area contributed by atoms with Crippen LogP contribution in [0.5, 0.6) is 0 Å². The Kier molecular flexibility index (Phi) is 4.25. The van der Waals surface area contributed by atoms with Gasteiger partial charge in [0.25, 0.3) is 5.56 Å². The summed E-state index contributed by atoms with van der Waals surface area (Å²) in [4.78, 5) is 32.6. The molecular weight excluding hydrogens is 332 g/mol. The zero-order valence-electron chi connectivity index (χ0n) is 14.2. The molecule has 1 fully saturated rings. The van der Waals surface area contributed by atoms with Crippen molar-refractivity contribution in [1.29, 1.82) is 0 Å². The first-order valence-corrected chi connectivity index (χ1v) is 9.74. The van der Waals surface area contributed by atoms with Crippen LogP contribution in [0.3, 0.4) is 0 Å². The number of aryl methyl sites for hydroxylation is 1. The quantitative estimate of drug-likeness (QED) is 0.695. The lowest BCUT2D eigenvalue weighted by Gasteiger charge is -2.25. The minimum absolute atomic E-state index is 0.108. The van der Waals surface area contributed by atoms with Crippen LogP contribution in [0.1, 0.15) is 23.5 Å². The van der Waals surface area contributed by atoms with Gasteiger partial charge in [0, 0.05) is 13.1 Å². The Labute approximate surface area is 141 Å². The maximum atomic E-state index is 12.5. The molecule has 1 atom stereocenters.